The van der Waals surface area contributed by atoms with Crippen LogP contribution >= 0.6 is 23.1 Å². The number of hydrogen-bond acceptors (Lipinski definition) is 6. The molecular weight excluding hydrogens is 380 g/mol. The summed E-state index contributed by atoms with van der Waals surface area (Å²) < 4.78 is 8.10. The van der Waals surface area contributed by atoms with Crippen LogP contribution in [0.5, 0.6) is 0 Å². The van der Waals surface area contributed by atoms with Gasteiger partial charge in [-0.15, -0.1) is 11.3 Å². The highest BCUT2D eigenvalue weighted by atomic mass is 32.2. The molecule has 1 N–H and O–H groups in total. The van der Waals surface area contributed by atoms with Crippen molar-refractivity contribution in [3.05, 3.63) is 47.9 Å². The molecule has 0 aliphatic rings. The van der Waals surface area contributed by atoms with E-state index >= 15 is 0 Å². The first kappa shape index (κ1) is 19.4. The molecule has 0 fully saturated rings. The third-order valence-corrected chi connectivity index (χ3v) is 5.49. The number of thiazole rings is 1. The van der Waals surface area contributed by atoms with Crippen LogP contribution in [0.4, 0.5) is 4.79 Å². The Balaban J connectivity index is 1.60. The predicted molar refractivity (Wildman–Crippen MR) is 108 cm³/mol. The quantitative estimate of drug-likeness (QED) is 0.669. The highest BCUT2D eigenvalue weighted by Crippen LogP contribution is 2.34. The summed E-state index contributed by atoms with van der Waals surface area (Å²) in [6.07, 6.45) is 5.25. The average molecular weight is 403 g/mol. The number of benzene rings is 1. The van der Waals surface area contributed by atoms with Gasteiger partial charge in [0, 0.05) is 23.7 Å². The summed E-state index contributed by atoms with van der Waals surface area (Å²) in [5, 5.41) is 7.80. The molecule has 27 heavy (non-hydrogen) atoms. The second-order valence-electron chi connectivity index (χ2n) is 6.96. The second-order valence-corrected chi connectivity index (χ2v) is 9.45. The lowest BCUT2D eigenvalue weighted by Crippen LogP contribution is -2.32. The van der Waals surface area contributed by atoms with Gasteiger partial charge in [0.2, 0.25) is 0 Å². The van der Waals surface area contributed by atoms with Crippen LogP contribution in [0.25, 0.3) is 11.1 Å². The van der Waals surface area contributed by atoms with Crippen LogP contribution in [-0.4, -0.2) is 26.5 Å². The molecule has 0 aliphatic carbocycles. The second kappa shape index (κ2) is 8.14. The van der Waals surface area contributed by atoms with E-state index in [0.29, 0.717) is 6.54 Å². The lowest BCUT2D eigenvalue weighted by molar-refractivity contribution is 0.0523. The van der Waals surface area contributed by atoms with E-state index in [1.807, 2.05) is 52.5 Å². The van der Waals surface area contributed by atoms with Gasteiger partial charge in [0.15, 0.2) is 0 Å². The maximum Gasteiger partial charge on any atom is 0.408 e. The molecule has 0 unspecified atom stereocenters. The van der Waals surface area contributed by atoms with Crippen molar-refractivity contribution in [1.82, 2.24) is 20.1 Å². The Bertz CT molecular complexity index is 928. The number of rotatable bonds is 5. The molecule has 0 radical (unpaired) electrons. The SMILES string of the molecule is Cn1cc(-c2cccc(Sc3cnc(CNC(=O)OC(C)(C)C)s3)c2)cn1. The summed E-state index contributed by atoms with van der Waals surface area (Å²) in [7, 11) is 1.91. The smallest absolute Gasteiger partial charge is 0.408 e. The molecule has 8 heteroatoms. The molecule has 0 aliphatic heterocycles. The summed E-state index contributed by atoms with van der Waals surface area (Å²) in [6.45, 7) is 5.87. The van der Waals surface area contributed by atoms with Gasteiger partial charge in [-0.3, -0.25) is 4.68 Å². The fraction of sp³-hybridized carbons (Fsp3) is 0.316. The minimum Gasteiger partial charge on any atom is -0.444 e. The normalized spacial score (nSPS) is 11.4. The average Bonchev–Trinajstić information content (AvgIpc) is 3.21. The van der Waals surface area contributed by atoms with E-state index in [4.69, 9.17) is 4.74 Å². The highest BCUT2D eigenvalue weighted by Gasteiger charge is 2.16. The molecule has 2 aromatic heterocycles. The number of carbonyl (C=O) groups excluding carboxylic acids is 1. The number of amides is 1. The zero-order valence-electron chi connectivity index (χ0n) is 15.7. The Morgan fingerprint density at radius 1 is 1.30 bits per heavy atom. The third-order valence-electron chi connectivity index (χ3n) is 3.41. The molecule has 2 heterocycles. The van der Waals surface area contributed by atoms with Gasteiger partial charge in [-0.05, 0) is 38.5 Å². The molecule has 0 saturated carbocycles. The molecule has 0 atom stereocenters. The standard InChI is InChI=1S/C19H22N4O2S2/c1-19(2,3)25-18(24)21-10-16-20-11-17(27-16)26-15-7-5-6-13(8-15)14-9-22-23(4)12-14/h5-9,11-12H,10H2,1-4H3,(H,21,24). The minimum atomic E-state index is -0.507. The lowest BCUT2D eigenvalue weighted by atomic mass is 10.1. The zero-order valence-corrected chi connectivity index (χ0v) is 17.4. The number of ether oxygens (including phenoxy) is 1. The first-order valence-electron chi connectivity index (χ1n) is 8.47. The van der Waals surface area contributed by atoms with Crippen molar-refractivity contribution in [3.63, 3.8) is 0 Å². The highest BCUT2D eigenvalue weighted by molar-refractivity contribution is 8.01. The maximum absolute atomic E-state index is 11.7. The van der Waals surface area contributed by atoms with Crippen LogP contribution in [0.1, 0.15) is 25.8 Å². The van der Waals surface area contributed by atoms with E-state index in [0.717, 1.165) is 25.2 Å². The minimum absolute atomic E-state index is 0.357. The van der Waals surface area contributed by atoms with E-state index in [9.17, 15) is 4.79 Å². The van der Waals surface area contributed by atoms with Crippen molar-refractivity contribution < 1.29 is 9.53 Å². The van der Waals surface area contributed by atoms with Gasteiger partial charge in [-0.1, -0.05) is 23.9 Å². The Hall–Kier alpha value is -2.32. The van der Waals surface area contributed by atoms with E-state index in [1.165, 1.54) is 0 Å². The summed E-state index contributed by atoms with van der Waals surface area (Å²) in [5.41, 5.74) is 1.71. The van der Waals surface area contributed by atoms with Crippen LogP contribution in [0.2, 0.25) is 0 Å². The summed E-state index contributed by atoms with van der Waals surface area (Å²) in [5.74, 6) is 0. The Labute approximate surface area is 167 Å². The number of nitrogens with one attached hydrogen (secondary N) is 1. The number of carbonyl (C=O) groups is 1. The topological polar surface area (TPSA) is 69.0 Å². The molecular formula is C19H22N4O2S2. The van der Waals surface area contributed by atoms with Gasteiger partial charge >= 0.3 is 6.09 Å². The molecule has 1 amide bonds. The molecule has 3 aromatic rings. The first-order valence-corrected chi connectivity index (χ1v) is 10.1. The van der Waals surface area contributed by atoms with Crippen molar-refractivity contribution >= 4 is 29.2 Å². The third kappa shape index (κ3) is 5.83. The number of hydrogen-bond donors (Lipinski definition) is 1. The molecule has 0 saturated heterocycles. The first-order chi connectivity index (χ1) is 12.8. The molecule has 0 spiro atoms. The van der Waals surface area contributed by atoms with E-state index in [-0.39, 0.29) is 0 Å². The number of aromatic nitrogens is 3. The fourth-order valence-electron chi connectivity index (χ4n) is 2.31. The Morgan fingerprint density at radius 2 is 2.11 bits per heavy atom. The number of nitrogens with zero attached hydrogens (tertiary/aromatic N) is 3. The van der Waals surface area contributed by atoms with Crippen LogP contribution in [0, 0.1) is 0 Å². The fourth-order valence-corrected chi connectivity index (χ4v) is 4.31. The lowest BCUT2D eigenvalue weighted by Gasteiger charge is -2.19. The van der Waals surface area contributed by atoms with Gasteiger partial charge in [0.05, 0.1) is 23.1 Å². The molecule has 1 aromatic carbocycles. The van der Waals surface area contributed by atoms with Gasteiger partial charge < -0.3 is 10.1 Å². The monoisotopic (exact) mass is 402 g/mol. The Kier molecular flexibility index (Phi) is 5.86. The molecule has 0 bridgehead atoms. The number of alkyl carbamates (subject to hydrolysis) is 1. The van der Waals surface area contributed by atoms with Crippen molar-refractivity contribution in [3.8, 4) is 11.1 Å². The van der Waals surface area contributed by atoms with E-state index < -0.39 is 11.7 Å². The predicted octanol–water partition coefficient (Wildman–Crippen LogP) is 4.72. The van der Waals surface area contributed by atoms with Crippen LogP contribution in [-0.2, 0) is 18.3 Å². The maximum atomic E-state index is 11.7. The van der Waals surface area contributed by atoms with Gasteiger partial charge in [-0.25, -0.2) is 9.78 Å². The zero-order chi connectivity index (χ0) is 19.4. The summed E-state index contributed by atoms with van der Waals surface area (Å²) in [6, 6.07) is 8.32. The van der Waals surface area contributed by atoms with Crippen molar-refractivity contribution in [1.29, 1.82) is 0 Å². The van der Waals surface area contributed by atoms with Crippen LogP contribution in [0.3, 0.4) is 0 Å². The van der Waals surface area contributed by atoms with Gasteiger partial charge in [0.25, 0.3) is 0 Å². The molecule has 142 valence electrons. The van der Waals surface area contributed by atoms with Gasteiger partial charge in [-0.2, -0.15) is 5.10 Å². The van der Waals surface area contributed by atoms with Crippen molar-refractivity contribution in [2.45, 2.75) is 42.0 Å². The summed E-state index contributed by atoms with van der Waals surface area (Å²) in [4.78, 5) is 17.2. The summed E-state index contributed by atoms with van der Waals surface area (Å²) >= 11 is 3.21. The molecule has 3 rings (SSSR count). The number of aryl methyl sites for hydroxylation is 1. The van der Waals surface area contributed by atoms with Crippen LogP contribution in [0.15, 0.2) is 52.0 Å². The van der Waals surface area contributed by atoms with Gasteiger partial charge in [0.1, 0.15) is 10.6 Å². The van der Waals surface area contributed by atoms with Crippen molar-refractivity contribution in [2.24, 2.45) is 7.05 Å². The van der Waals surface area contributed by atoms with Crippen molar-refractivity contribution in [2.75, 3.05) is 0 Å². The largest absolute Gasteiger partial charge is 0.444 e. The Morgan fingerprint density at radius 3 is 2.81 bits per heavy atom. The van der Waals surface area contributed by atoms with E-state index in [1.54, 1.807) is 27.8 Å². The van der Waals surface area contributed by atoms with Crippen LogP contribution < -0.4 is 5.32 Å². The molecule has 6 nitrogen and oxygen atoms in total. The van der Waals surface area contributed by atoms with E-state index in [2.05, 4.69) is 33.6 Å².